The number of rotatable bonds is 6. The van der Waals surface area contributed by atoms with Crippen molar-refractivity contribution in [1.29, 1.82) is 0 Å². The van der Waals surface area contributed by atoms with E-state index in [0.29, 0.717) is 17.3 Å². The second-order valence-corrected chi connectivity index (χ2v) is 8.82. The minimum atomic E-state index is -0.199. The Balaban J connectivity index is 1.51. The number of benzene rings is 1. The zero-order chi connectivity index (χ0) is 20.4. The van der Waals surface area contributed by atoms with Crippen molar-refractivity contribution in [3.05, 3.63) is 65.2 Å². The minimum absolute atomic E-state index is 0.0275. The van der Waals surface area contributed by atoms with Gasteiger partial charge in [0, 0.05) is 23.3 Å². The van der Waals surface area contributed by atoms with E-state index in [1.165, 1.54) is 0 Å². The molecule has 2 aromatic heterocycles. The van der Waals surface area contributed by atoms with E-state index in [0.717, 1.165) is 42.5 Å². The number of carbonyl (C=O) groups is 1. The Morgan fingerprint density at radius 2 is 2.14 bits per heavy atom. The van der Waals surface area contributed by atoms with Gasteiger partial charge in [-0.25, -0.2) is 0 Å². The Morgan fingerprint density at radius 3 is 2.90 bits per heavy atom. The summed E-state index contributed by atoms with van der Waals surface area (Å²) in [4.78, 5) is 12.8. The number of nitrogens with one attached hydrogen (secondary N) is 2. The molecule has 2 N–H and O–H groups in total. The third kappa shape index (κ3) is 4.22. The van der Waals surface area contributed by atoms with Gasteiger partial charge in [0.15, 0.2) is 5.69 Å². The molecule has 0 saturated heterocycles. The van der Waals surface area contributed by atoms with Crippen molar-refractivity contribution in [2.45, 2.75) is 45.6 Å². The highest BCUT2D eigenvalue weighted by Crippen LogP contribution is 2.35. The maximum absolute atomic E-state index is 12.8. The van der Waals surface area contributed by atoms with Crippen LogP contribution in [0.4, 0.5) is 5.69 Å². The molecule has 1 amide bonds. The van der Waals surface area contributed by atoms with Crippen molar-refractivity contribution in [3.63, 3.8) is 0 Å². The summed E-state index contributed by atoms with van der Waals surface area (Å²) in [6, 6.07) is 10.2. The molecule has 152 valence electrons. The predicted molar refractivity (Wildman–Crippen MR) is 114 cm³/mol. The largest absolute Gasteiger partial charge is 0.318 e. The Hall–Kier alpha value is -2.60. The van der Waals surface area contributed by atoms with Gasteiger partial charge < -0.3 is 5.32 Å². The lowest BCUT2D eigenvalue weighted by Crippen LogP contribution is -2.23. The molecule has 3 aromatic rings. The van der Waals surface area contributed by atoms with Crippen LogP contribution in [-0.4, -0.2) is 31.8 Å². The molecule has 29 heavy (non-hydrogen) atoms. The first kappa shape index (κ1) is 19.7. The first-order valence-electron chi connectivity index (χ1n) is 9.99. The molecule has 0 unspecified atom stereocenters. The molecule has 7 heteroatoms. The highest BCUT2D eigenvalue weighted by atomic mass is 35.5. The van der Waals surface area contributed by atoms with Gasteiger partial charge in [0.05, 0.1) is 17.9 Å². The minimum Gasteiger partial charge on any atom is -0.318 e. The van der Waals surface area contributed by atoms with Gasteiger partial charge in [-0.3, -0.25) is 14.6 Å². The molecule has 0 spiro atoms. The lowest BCUT2D eigenvalue weighted by atomic mass is 9.76. The van der Waals surface area contributed by atoms with E-state index in [2.05, 4.69) is 46.6 Å². The summed E-state index contributed by atoms with van der Waals surface area (Å²) >= 11 is 6.02. The van der Waals surface area contributed by atoms with Gasteiger partial charge in [-0.05, 0) is 36.7 Å². The van der Waals surface area contributed by atoms with E-state index in [1.807, 2.05) is 29.1 Å². The maximum Gasteiger partial charge on any atom is 0.276 e. The van der Waals surface area contributed by atoms with E-state index in [9.17, 15) is 4.79 Å². The lowest BCUT2D eigenvalue weighted by Gasteiger charge is -2.28. The first-order valence-corrected chi connectivity index (χ1v) is 10.5. The van der Waals surface area contributed by atoms with Crippen molar-refractivity contribution in [1.82, 2.24) is 20.0 Å². The van der Waals surface area contributed by atoms with Crippen LogP contribution in [-0.2, 0) is 12.8 Å². The molecule has 4 rings (SSSR count). The predicted octanol–water partition coefficient (Wildman–Crippen LogP) is 4.59. The molecule has 0 aliphatic heterocycles. The average Bonchev–Trinajstić information content (AvgIpc) is 3.32. The van der Waals surface area contributed by atoms with Crippen molar-refractivity contribution in [3.8, 4) is 0 Å². The van der Waals surface area contributed by atoms with Gasteiger partial charge in [-0.2, -0.15) is 10.2 Å². The van der Waals surface area contributed by atoms with Crippen molar-refractivity contribution < 1.29 is 4.79 Å². The Bertz CT molecular complexity index is 992. The first-order chi connectivity index (χ1) is 14.0. The number of aromatic amines is 1. The van der Waals surface area contributed by atoms with Gasteiger partial charge in [-0.1, -0.05) is 44.2 Å². The third-order valence-corrected chi connectivity index (χ3v) is 5.84. The summed E-state index contributed by atoms with van der Waals surface area (Å²) in [7, 11) is 0. The van der Waals surface area contributed by atoms with Crippen LogP contribution >= 0.6 is 11.6 Å². The highest BCUT2D eigenvalue weighted by molar-refractivity contribution is 6.17. The van der Waals surface area contributed by atoms with Crippen LogP contribution in [0.25, 0.3) is 0 Å². The second kappa shape index (κ2) is 8.03. The number of aromatic nitrogens is 4. The fraction of sp³-hybridized carbons (Fsp3) is 0.409. The molecule has 6 nitrogen and oxygen atoms in total. The van der Waals surface area contributed by atoms with E-state index in [1.54, 1.807) is 6.20 Å². The van der Waals surface area contributed by atoms with Crippen LogP contribution in [0.5, 0.6) is 0 Å². The molecule has 1 aliphatic rings. The normalized spacial score (nSPS) is 16.2. The molecule has 0 fully saturated rings. The van der Waals surface area contributed by atoms with Gasteiger partial charge >= 0.3 is 0 Å². The Kier molecular flexibility index (Phi) is 5.46. The number of fused-ring (bicyclic) bond motifs is 1. The quantitative estimate of drug-likeness (QED) is 0.582. The van der Waals surface area contributed by atoms with Crippen LogP contribution in [0, 0.1) is 5.41 Å². The van der Waals surface area contributed by atoms with Crippen LogP contribution < -0.4 is 5.32 Å². The summed E-state index contributed by atoms with van der Waals surface area (Å²) in [5.74, 6) is 0.326. The standard InChI is InChI=1S/C22H26ClN5O/c1-22(2)10-8-17-18(12-22)26-27-20(17)21(29)25-16-13-24-28(14-16)19(9-11-23)15-6-4-3-5-7-15/h3-7,13-14,19H,8-12H2,1-2H3,(H,25,29)(H,26,27)/t19-/m0/s1. The van der Waals surface area contributed by atoms with Crippen LogP contribution in [0.3, 0.4) is 0 Å². The van der Waals surface area contributed by atoms with Crippen molar-refractivity contribution >= 4 is 23.2 Å². The van der Waals surface area contributed by atoms with E-state index >= 15 is 0 Å². The average molecular weight is 412 g/mol. The summed E-state index contributed by atoms with van der Waals surface area (Å²) in [6.07, 6.45) is 7.11. The number of H-pyrrole nitrogens is 1. The third-order valence-electron chi connectivity index (χ3n) is 5.62. The molecule has 2 heterocycles. The topological polar surface area (TPSA) is 75.6 Å². The van der Waals surface area contributed by atoms with Crippen molar-refractivity contribution in [2.75, 3.05) is 11.2 Å². The van der Waals surface area contributed by atoms with E-state index in [-0.39, 0.29) is 17.4 Å². The van der Waals surface area contributed by atoms with Gasteiger partial charge in [0.1, 0.15) is 0 Å². The van der Waals surface area contributed by atoms with Gasteiger partial charge in [0.25, 0.3) is 5.91 Å². The maximum atomic E-state index is 12.8. The van der Waals surface area contributed by atoms with E-state index in [4.69, 9.17) is 11.6 Å². The summed E-state index contributed by atoms with van der Waals surface area (Å²) in [5.41, 5.74) is 4.63. The zero-order valence-corrected chi connectivity index (χ0v) is 17.5. The second-order valence-electron chi connectivity index (χ2n) is 8.44. The number of nitrogens with zero attached hydrogens (tertiary/aromatic N) is 3. The summed E-state index contributed by atoms with van der Waals surface area (Å²) in [6.45, 7) is 4.49. The summed E-state index contributed by atoms with van der Waals surface area (Å²) < 4.78 is 1.86. The van der Waals surface area contributed by atoms with Gasteiger partial charge in [0.2, 0.25) is 0 Å². The number of amides is 1. The van der Waals surface area contributed by atoms with E-state index < -0.39 is 0 Å². The van der Waals surface area contributed by atoms with Crippen LogP contribution in [0.2, 0.25) is 0 Å². The number of hydrogen-bond donors (Lipinski definition) is 2. The number of alkyl halides is 1. The lowest BCUT2D eigenvalue weighted by molar-refractivity contribution is 0.102. The number of anilines is 1. The highest BCUT2D eigenvalue weighted by Gasteiger charge is 2.30. The fourth-order valence-electron chi connectivity index (χ4n) is 4.03. The number of carbonyl (C=O) groups excluding carboxylic acids is 1. The molecule has 1 aromatic carbocycles. The number of hydrogen-bond acceptors (Lipinski definition) is 3. The van der Waals surface area contributed by atoms with Crippen LogP contribution in [0.15, 0.2) is 42.7 Å². The molecular formula is C22H26ClN5O. The Morgan fingerprint density at radius 1 is 1.34 bits per heavy atom. The fourth-order valence-corrected chi connectivity index (χ4v) is 4.24. The molecular weight excluding hydrogens is 386 g/mol. The molecule has 0 radical (unpaired) electrons. The zero-order valence-electron chi connectivity index (χ0n) is 16.8. The molecule has 1 atom stereocenters. The molecule has 0 saturated carbocycles. The SMILES string of the molecule is CC1(C)CCc2c(C(=O)Nc3cnn([C@@H](CCCl)c4ccccc4)c3)n[nH]c2C1. The smallest absolute Gasteiger partial charge is 0.276 e. The summed E-state index contributed by atoms with van der Waals surface area (Å²) in [5, 5.41) is 14.8. The number of halogens is 1. The molecule has 0 bridgehead atoms. The Labute approximate surface area is 175 Å². The van der Waals surface area contributed by atoms with Crippen LogP contribution in [0.1, 0.15) is 60.0 Å². The monoisotopic (exact) mass is 411 g/mol. The van der Waals surface area contributed by atoms with Gasteiger partial charge in [-0.15, -0.1) is 11.6 Å². The molecule has 1 aliphatic carbocycles. The van der Waals surface area contributed by atoms with Crippen molar-refractivity contribution in [2.24, 2.45) is 5.41 Å².